The Morgan fingerprint density at radius 1 is 1.39 bits per heavy atom. The van der Waals surface area contributed by atoms with Crippen molar-refractivity contribution in [2.75, 3.05) is 26.2 Å². The van der Waals surface area contributed by atoms with Crippen LogP contribution in [0.5, 0.6) is 0 Å². The summed E-state index contributed by atoms with van der Waals surface area (Å²) in [4.78, 5) is 15.2. The number of halogens is 3. The minimum absolute atomic E-state index is 0.0465. The molecule has 2 aliphatic rings. The molecule has 0 aromatic carbocycles. The summed E-state index contributed by atoms with van der Waals surface area (Å²) in [7, 11) is 0. The highest BCUT2D eigenvalue weighted by Gasteiger charge is 2.41. The predicted molar refractivity (Wildman–Crippen MR) is 77.7 cm³/mol. The number of amides is 1. The number of carbonyl (C=O) groups is 1. The summed E-state index contributed by atoms with van der Waals surface area (Å²) >= 11 is 0. The molecule has 8 heteroatoms. The lowest BCUT2D eigenvalue weighted by molar-refractivity contribution is -0.167. The molecule has 3 rings (SSSR count). The third-order valence-corrected chi connectivity index (χ3v) is 4.66. The highest BCUT2D eigenvalue weighted by atomic mass is 19.4. The average Bonchev–Trinajstić information content (AvgIpc) is 3.14. The summed E-state index contributed by atoms with van der Waals surface area (Å²) < 4.78 is 40.1. The second-order valence-corrected chi connectivity index (χ2v) is 6.55. The number of rotatable bonds is 6. The van der Waals surface area contributed by atoms with E-state index < -0.39 is 18.6 Å². The normalized spacial score (nSPS) is 21.0. The van der Waals surface area contributed by atoms with Crippen LogP contribution < -0.4 is 0 Å². The molecule has 0 bridgehead atoms. The number of hydrogen-bond acceptors (Lipinski definition) is 3. The van der Waals surface area contributed by atoms with Crippen LogP contribution in [0.1, 0.15) is 25.8 Å². The number of hydrogen-bond donors (Lipinski definition) is 0. The second-order valence-electron chi connectivity index (χ2n) is 6.55. The summed E-state index contributed by atoms with van der Waals surface area (Å²) in [6.07, 6.45) is 1.01. The molecule has 1 aliphatic heterocycles. The molecule has 0 radical (unpaired) electrons. The van der Waals surface area contributed by atoms with Crippen molar-refractivity contribution in [1.29, 1.82) is 0 Å². The molecular formula is C15H21F3N4O. The zero-order valence-corrected chi connectivity index (χ0v) is 13.0. The number of carbonyl (C=O) groups excluding carboxylic acids is 1. The molecular weight excluding hydrogens is 309 g/mol. The molecule has 2 fully saturated rings. The highest BCUT2D eigenvalue weighted by molar-refractivity contribution is 5.78. The molecule has 128 valence electrons. The third-order valence-electron chi connectivity index (χ3n) is 4.66. The summed E-state index contributed by atoms with van der Waals surface area (Å²) in [5, 5.41) is 4.14. The fourth-order valence-electron chi connectivity index (χ4n) is 3.10. The average molecular weight is 330 g/mol. The third kappa shape index (κ3) is 4.04. The van der Waals surface area contributed by atoms with E-state index in [0.29, 0.717) is 13.1 Å². The first-order chi connectivity index (χ1) is 10.8. The van der Waals surface area contributed by atoms with Crippen molar-refractivity contribution in [1.82, 2.24) is 19.6 Å². The van der Waals surface area contributed by atoms with E-state index in [1.54, 1.807) is 13.1 Å². The first-order valence-corrected chi connectivity index (χ1v) is 7.91. The molecule has 0 unspecified atom stereocenters. The zero-order valence-electron chi connectivity index (χ0n) is 13.0. The van der Waals surface area contributed by atoms with Crippen molar-refractivity contribution in [2.24, 2.45) is 5.92 Å². The molecule has 0 spiro atoms. The summed E-state index contributed by atoms with van der Waals surface area (Å²) in [6, 6.07) is 1.69. The lowest BCUT2D eigenvalue weighted by Crippen LogP contribution is -2.54. The van der Waals surface area contributed by atoms with Gasteiger partial charge in [0.1, 0.15) is 6.54 Å². The van der Waals surface area contributed by atoms with Crippen LogP contribution in [0.15, 0.2) is 18.5 Å². The topological polar surface area (TPSA) is 41.4 Å². The number of likely N-dealkylation sites (tertiary alicyclic amines) is 1. The maximum Gasteiger partial charge on any atom is 0.406 e. The smallest absolute Gasteiger partial charge is 0.329 e. The van der Waals surface area contributed by atoms with Gasteiger partial charge < -0.3 is 4.90 Å². The first kappa shape index (κ1) is 16.3. The Hall–Kier alpha value is -1.57. The minimum Gasteiger partial charge on any atom is -0.329 e. The Morgan fingerprint density at radius 2 is 2.09 bits per heavy atom. The van der Waals surface area contributed by atoms with Gasteiger partial charge in [0, 0.05) is 31.5 Å². The van der Waals surface area contributed by atoms with Crippen LogP contribution in [0.4, 0.5) is 13.2 Å². The molecule has 1 aromatic heterocycles. The van der Waals surface area contributed by atoms with E-state index in [2.05, 4.69) is 5.10 Å². The van der Waals surface area contributed by atoms with Crippen molar-refractivity contribution in [2.45, 2.75) is 38.0 Å². The SMILES string of the molecule is C[C@@H](C1CC1)N(CC(F)(F)F)C(=O)CN1CC(n2cccn2)C1. The van der Waals surface area contributed by atoms with Crippen LogP contribution in [-0.2, 0) is 4.79 Å². The Morgan fingerprint density at radius 3 is 2.61 bits per heavy atom. The fraction of sp³-hybridized carbons (Fsp3) is 0.733. The fourth-order valence-corrected chi connectivity index (χ4v) is 3.10. The van der Waals surface area contributed by atoms with Crippen LogP contribution in [-0.4, -0.2) is 63.9 Å². The number of aromatic nitrogens is 2. The van der Waals surface area contributed by atoms with Gasteiger partial charge >= 0.3 is 6.18 Å². The largest absolute Gasteiger partial charge is 0.406 e. The van der Waals surface area contributed by atoms with Gasteiger partial charge in [0.2, 0.25) is 5.91 Å². The van der Waals surface area contributed by atoms with Crippen LogP contribution in [0, 0.1) is 5.92 Å². The van der Waals surface area contributed by atoms with E-state index in [1.807, 2.05) is 21.8 Å². The van der Waals surface area contributed by atoms with Gasteiger partial charge in [-0.2, -0.15) is 18.3 Å². The van der Waals surface area contributed by atoms with Crippen LogP contribution >= 0.6 is 0 Å². The van der Waals surface area contributed by atoms with Crippen molar-refractivity contribution < 1.29 is 18.0 Å². The highest BCUT2D eigenvalue weighted by Crippen LogP contribution is 2.36. The Kier molecular flexibility index (Phi) is 4.35. The Balaban J connectivity index is 1.54. The predicted octanol–water partition coefficient (Wildman–Crippen LogP) is 1.93. The molecule has 2 heterocycles. The van der Waals surface area contributed by atoms with Gasteiger partial charge in [-0.3, -0.25) is 14.4 Å². The molecule has 1 amide bonds. The van der Waals surface area contributed by atoms with E-state index in [4.69, 9.17) is 0 Å². The lowest BCUT2D eigenvalue weighted by atomic mass is 10.1. The van der Waals surface area contributed by atoms with Crippen LogP contribution in [0.3, 0.4) is 0 Å². The molecule has 1 aromatic rings. The van der Waals surface area contributed by atoms with Gasteiger partial charge in [-0.25, -0.2) is 0 Å². The van der Waals surface area contributed by atoms with Gasteiger partial charge in [-0.1, -0.05) is 0 Å². The molecule has 1 saturated carbocycles. The van der Waals surface area contributed by atoms with Gasteiger partial charge in [0.15, 0.2) is 0 Å². The van der Waals surface area contributed by atoms with Gasteiger partial charge in [0.25, 0.3) is 0 Å². The molecule has 1 aliphatic carbocycles. The van der Waals surface area contributed by atoms with Crippen molar-refractivity contribution >= 4 is 5.91 Å². The maximum absolute atomic E-state index is 12.8. The maximum atomic E-state index is 12.8. The number of alkyl halides is 3. The molecule has 1 saturated heterocycles. The summed E-state index contributed by atoms with van der Waals surface area (Å²) in [5.74, 6) is -0.213. The quantitative estimate of drug-likeness (QED) is 0.800. The second kappa shape index (κ2) is 6.14. The van der Waals surface area contributed by atoms with E-state index in [-0.39, 0.29) is 24.5 Å². The summed E-state index contributed by atoms with van der Waals surface area (Å²) in [5.41, 5.74) is 0. The van der Waals surface area contributed by atoms with Crippen molar-refractivity contribution in [3.63, 3.8) is 0 Å². The van der Waals surface area contributed by atoms with Crippen molar-refractivity contribution in [3.8, 4) is 0 Å². The van der Waals surface area contributed by atoms with Gasteiger partial charge in [0.05, 0.1) is 12.6 Å². The minimum atomic E-state index is -4.36. The first-order valence-electron chi connectivity index (χ1n) is 7.91. The van der Waals surface area contributed by atoms with Gasteiger partial charge in [-0.15, -0.1) is 0 Å². The Labute approximate surface area is 133 Å². The van der Waals surface area contributed by atoms with E-state index in [9.17, 15) is 18.0 Å². The van der Waals surface area contributed by atoms with Gasteiger partial charge in [-0.05, 0) is 31.7 Å². The molecule has 23 heavy (non-hydrogen) atoms. The molecule has 0 N–H and O–H groups in total. The van der Waals surface area contributed by atoms with Crippen LogP contribution in [0.2, 0.25) is 0 Å². The zero-order chi connectivity index (χ0) is 16.6. The van der Waals surface area contributed by atoms with E-state index in [0.717, 1.165) is 17.7 Å². The van der Waals surface area contributed by atoms with E-state index >= 15 is 0 Å². The molecule has 5 nitrogen and oxygen atoms in total. The Bertz CT molecular complexity index is 535. The summed E-state index contributed by atoms with van der Waals surface area (Å²) in [6.45, 7) is 1.91. The molecule has 1 atom stereocenters. The van der Waals surface area contributed by atoms with Crippen LogP contribution in [0.25, 0.3) is 0 Å². The monoisotopic (exact) mass is 330 g/mol. The lowest BCUT2D eigenvalue weighted by Gasteiger charge is -2.40. The number of nitrogens with zero attached hydrogens (tertiary/aromatic N) is 4. The standard InChI is InChI=1S/C15H21F3N4O/c1-11(12-3-4-12)21(10-15(16,17)18)14(23)9-20-7-13(8-20)22-6-2-5-19-22/h2,5-6,11-13H,3-4,7-10H2,1H3/t11-/m0/s1. The van der Waals surface area contributed by atoms with E-state index in [1.165, 1.54) is 0 Å². The van der Waals surface area contributed by atoms with Crippen molar-refractivity contribution in [3.05, 3.63) is 18.5 Å².